The summed E-state index contributed by atoms with van der Waals surface area (Å²) in [5, 5.41) is 11.7. The van der Waals surface area contributed by atoms with Gasteiger partial charge in [0.25, 0.3) is 0 Å². The van der Waals surface area contributed by atoms with Crippen molar-refractivity contribution in [1.29, 1.82) is 0 Å². The van der Waals surface area contributed by atoms with E-state index in [2.05, 4.69) is 15.5 Å². The van der Waals surface area contributed by atoms with Gasteiger partial charge in [0.15, 0.2) is 20.8 Å². The maximum atomic E-state index is 14.2. The monoisotopic (exact) mass is 440 g/mol. The zero-order valence-corrected chi connectivity index (χ0v) is 18.3. The summed E-state index contributed by atoms with van der Waals surface area (Å²) in [6.45, 7) is 6.40. The Hall–Kier alpha value is -1.94. The molecule has 1 aliphatic heterocycles. The van der Waals surface area contributed by atoms with Crippen molar-refractivity contribution in [2.24, 2.45) is 5.92 Å². The number of halogens is 1. The van der Waals surface area contributed by atoms with Crippen molar-refractivity contribution in [2.45, 2.75) is 44.4 Å². The maximum Gasteiger partial charge on any atom is 0.230 e. The number of nitrogens with zero attached hydrogens (tertiary/aromatic N) is 3. The van der Waals surface area contributed by atoms with Gasteiger partial charge in [-0.15, -0.1) is 10.2 Å². The summed E-state index contributed by atoms with van der Waals surface area (Å²) in [6, 6.07) is 6.38. The molecule has 0 saturated carbocycles. The lowest BCUT2D eigenvalue weighted by Gasteiger charge is -2.23. The lowest BCUT2D eigenvalue weighted by atomic mass is 10.0. The summed E-state index contributed by atoms with van der Waals surface area (Å²) in [4.78, 5) is 12.4. The van der Waals surface area contributed by atoms with Gasteiger partial charge in [-0.1, -0.05) is 37.7 Å². The van der Waals surface area contributed by atoms with Crippen LogP contribution in [-0.2, 0) is 21.2 Å². The highest BCUT2D eigenvalue weighted by Gasteiger charge is 2.39. The number of carbonyl (C=O) groups is 1. The summed E-state index contributed by atoms with van der Waals surface area (Å²) in [6.07, 6.45) is 0.409. The number of hydrogen-bond acceptors (Lipinski definition) is 6. The fourth-order valence-electron chi connectivity index (χ4n) is 3.38. The molecular weight excluding hydrogens is 415 g/mol. The second-order valence-corrected chi connectivity index (χ2v) is 11.2. The average Bonchev–Trinajstić information content (AvgIpc) is 3.13. The molecule has 1 fully saturated rings. The van der Waals surface area contributed by atoms with Gasteiger partial charge in [-0.05, 0) is 31.4 Å². The van der Waals surface area contributed by atoms with E-state index in [0.29, 0.717) is 29.5 Å². The molecule has 0 aliphatic carbocycles. The topological polar surface area (TPSA) is 94.0 Å². The molecule has 1 amide bonds. The molecule has 1 aromatic heterocycles. The Morgan fingerprint density at radius 3 is 2.69 bits per heavy atom. The van der Waals surface area contributed by atoms with E-state index in [-0.39, 0.29) is 34.9 Å². The Bertz CT molecular complexity index is 1010. The number of amides is 1. The maximum absolute atomic E-state index is 14.2. The van der Waals surface area contributed by atoms with E-state index in [1.54, 1.807) is 25.1 Å². The van der Waals surface area contributed by atoms with E-state index >= 15 is 0 Å². The Balaban J connectivity index is 1.74. The Morgan fingerprint density at radius 1 is 1.34 bits per heavy atom. The molecule has 0 spiro atoms. The van der Waals surface area contributed by atoms with Crippen LogP contribution in [0, 0.1) is 11.7 Å². The first-order valence-electron chi connectivity index (χ1n) is 9.41. The SMILES string of the molecule is CC(C)Cn1c(SCC(=O)NC2(C)CCS(=O)(=O)C2)nnc1-c1ccccc1F. The number of rotatable bonds is 7. The van der Waals surface area contributed by atoms with E-state index in [4.69, 9.17) is 0 Å². The summed E-state index contributed by atoms with van der Waals surface area (Å²) >= 11 is 1.21. The van der Waals surface area contributed by atoms with E-state index < -0.39 is 15.4 Å². The van der Waals surface area contributed by atoms with Crippen LogP contribution in [-0.4, -0.2) is 51.9 Å². The average molecular weight is 441 g/mol. The van der Waals surface area contributed by atoms with E-state index in [0.717, 1.165) is 0 Å². The number of sulfone groups is 1. The molecule has 0 radical (unpaired) electrons. The molecular formula is C19H25FN4O3S2. The lowest BCUT2D eigenvalue weighted by molar-refractivity contribution is -0.120. The number of thioether (sulfide) groups is 1. The van der Waals surface area contributed by atoms with Gasteiger partial charge >= 0.3 is 0 Å². The largest absolute Gasteiger partial charge is 0.349 e. The first kappa shape index (κ1) is 21.8. The standard InChI is InChI=1S/C19H25FN4O3S2/c1-13(2)10-24-17(14-6-4-5-7-15(14)20)22-23-18(24)28-11-16(25)21-19(3)8-9-29(26,27)12-19/h4-7,13H,8-12H2,1-3H3,(H,21,25). The zero-order chi connectivity index (χ0) is 21.2. The van der Waals surface area contributed by atoms with E-state index in [1.807, 2.05) is 18.4 Å². The van der Waals surface area contributed by atoms with Crippen molar-refractivity contribution < 1.29 is 17.6 Å². The molecule has 1 N–H and O–H groups in total. The molecule has 10 heteroatoms. The summed E-state index contributed by atoms with van der Waals surface area (Å²) < 4.78 is 39.5. The van der Waals surface area contributed by atoms with Gasteiger partial charge in [0, 0.05) is 6.54 Å². The molecule has 2 heterocycles. The third kappa shape index (κ3) is 5.36. The highest BCUT2D eigenvalue weighted by molar-refractivity contribution is 7.99. The third-order valence-electron chi connectivity index (χ3n) is 4.66. The van der Waals surface area contributed by atoms with Crippen LogP contribution < -0.4 is 5.32 Å². The van der Waals surface area contributed by atoms with Gasteiger partial charge in [-0.2, -0.15) is 0 Å². The Labute approximate surface area is 174 Å². The molecule has 3 rings (SSSR count). The van der Waals surface area contributed by atoms with Crippen LogP contribution in [0.1, 0.15) is 27.2 Å². The van der Waals surface area contributed by atoms with Gasteiger partial charge in [-0.3, -0.25) is 4.79 Å². The van der Waals surface area contributed by atoms with Crippen molar-refractivity contribution in [1.82, 2.24) is 20.1 Å². The molecule has 1 aromatic carbocycles. The van der Waals surface area contributed by atoms with Crippen molar-refractivity contribution in [3.63, 3.8) is 0 Å². The lowest BCUT2D eigenvalue weighted by Crippen LogP contribution is -2.47. The second kappa shape index (κ2) is 8.43. The first-order chi connectivity index (χ1) is 13.6. The molecule has 158 valence electrons. The third-order valence-corrected chi connectivity index (χ3v) is 7.53. The Kier molecular flexibility index (Phi) is 6.33. The minimum absolute atomic E-state index is 0.0443. The second-order valence-electron chi connectivity index (χ2n) is 8.03. The van der Waals surface area contributed by atoms with Crippen molar-refractivity contribution >= 4 is 27.5 Å². The summed E-state index contributed by atoms with van der Waals surface area (Å²) in [5.41, 5.74) is -0.374. The molecule has 1 aliphatic rings. The molecule has 7 nitrogen and oxygen atoms in total. The van der Waals surface area contributed by atoms with Crippen molar-refractivity contribution in [3.8, 4) is 11.4 Å². The van der Waals surface area contributed by atoms with Crippen LogP contribution in [0.25, 0.3) is 11.4 Å². The molecule has 0 bridgehead atoms. The van der Waals surface area contributed by atoms with Gasteiger partial charge < -0.3 is 9.88 Å². The van der Waals surface area contributed by atoms with Crippen LogP contribution in [0.15, 0.2) is 29.4 Å². The van der Waals surface area contributed by atoms with Gasteiger partial charge in [0.1, 0.15) is 5.82 Å². The molecule has 1 atom stereocenters. The fourth-order valence-corrected chi connectivity index (χ4v) is 6.22. The van der Waals surface area contributed by atoms with Gasteiger partial charge in [-0.25, -0.2) is 12.8 Å². The number of benzene rings is 1. The minimum atomic E-state index is -3.10. The van der Waals surface area contributed by atoms with Crippen molar-refractivity contribution in [2.75, 3.05) is 17.3 Å². The number of nitrogens with one attached hydrogen (secondary N) is 1. The van der Waals surface area contributed by atoms with Crippen LogP contribution in [0.3, 0.4) is 0 Å². The fraction of sp³-hybridized carbons (Fsp3) is 0.526. The van der Waals surface area contributed by atoms with E-state index in [9.17, 15) is 17.6 Å². The number of aromatic nitrogens is 3. The summed E-state index contributed by atoms with van der Waals surface area (Å²) in [5.74, 6) is 0.170. The van der Waals surface area contributed by atoms with Crippen LogP contribution >= 0.6 is 11.8 Å². The first-order valence-corrected chi connectivity index (χ1v) is 12.2. The van der Waals surface area contributed by atoms with E-state index in [1.165, 1.54) is 17.8 Å². The molecule has 1 saturated heterocycles. The smallest absolute Gasteiger partial charge is 0.230 e. The molecule has 2 aromatic rings. The number of hydrogen-bond donors (Lipinski definition) is 1. The van der Waals surface area contributed by atoms with Crippen LogP contribution in [0.5, 0.6) is 0 Å². The van der Waals surface area contributed by atoms with Crippen LogP contribution in [0.4, 0.5) is 4.39 Å². The Morgan fingerprint density at radius 2 is 2.07 bits per heavy atom. The number of carbonyl (C=O) groups excluding carboxylic acids is 1. The zero-order valence-electron chi connectivity index (χ0n) is 16.7. The van der Waals surface area contributed by atoms with Gasteiger partial charge in [0.05, 0.1) is 28.4 Å². The van der Waals surface area contributed by atoms with Crippen molar-refractivity contribution in [3.05, 3.63) is 30.1 Å². The highest BCUT2D eigenvalue weighted by atomic mass is 32.2. The predicted octanol–water partition coefficient (Wildman–Crippen LogP) is 2.53. The quantitative estimate of drug-likeness (QED) is 0.665. The normalized spacial score (nSPS) is 20.9. The highest BCUT2D eigenvalue weighted by Crippen LogP contribution is 2.27. The summed E-state index contributed by atoms with van der Waals surface area (Å²) in [7, 11) is -3.10. The van der Waals surface area contributed by atoms with Gasteiger partial charge in [0.2, 0.25) is 5.91 Å². The predicted molar refractivity (Wildman–Crippen MR) is 111 cm³/mol. The molecule has 1 unspecified atom stereocenters. The molecule has 29 heavy (non-hydrogen) atoms. The minimum Gasteiger partial charge on any atom is -0.349 e. The van der Waals surface area contributed by atoms with Crippen LogP contribution in [0.2, 0.25) is 0 Å².